The molecule has 0 amide bonds. The second kappa shape index (κ2) is 5.45. The molecule has 0 bridgehead atoms. The molecule has 106 valence electrons. The molecule has 0 aliphatic carbocycles. The van der Waals surface area contributed by atoms with Crippen LogP contribution in [0, 0.1) is 0 Å². The SMILES string of the molecule is NCC(O)C(O)C1OC(O)(C(=O)O)CC(O)C1O. The lowest BCUT2D eigenvalue weighted by atomic mass is 9.91. The molecule has 0 radical (unpaired) electrons. The van der Waals surface area contributed by atoms with Gasteiger partial charge in [-0.05, 0) is 0 Å². The number of carboxylic acids is 1. The maximum absolute atomic E-state index is 10.8. The maximum atomic E-state index is 10.8. The predicted octanol–water partition coefficient (Wildman–Crippen LogP) is -4.05. The first-order valence-corrected chi connectivity index (χ1v) is 5.29. The van der Waals surface area contributed by atoms with Gasteiger partial charge < -0.3 is 41.1 Å². The summed E-state index contributed by atoms with van der Waals surface area (Å²) in [6.07, 6.45) is -8.94. The molecular formula is C9H17NO8. The Morgan fingerprint density at radius 1 is 1.44 bits per heavy atom. The molecule has 1 aliphatic rings. The predicted molar refractivity (Wildman–Crippen MR) is 55.2 cm³/mol. The van der Waals surface area contributed by atoms with Gasteiger partial charge in [-0.1, -0.05) is 0 Å². The number of rotatable bonds is 4. The number of hydrogen-bond donors (Lipinski definition) is 7. The van der Waals surface area contributed by atoms with E-state index >= 15 is 0 Å². The fraction of sp³-hybridized carbons (Fsp3) is 0.889. The van der Waals surface area contributed by atoms with Gasteiger partial charge >= 0.3 is 5.97 Å². The number of aliphatic hydroxyl groups excluding tert-OH is 4. The van der Waals surface area contributed by atoms with E-state index in [9.17, 15) is 30.3 Å². The molecule has 0 spiro atoms. The van der Waals surface area contributed by atoms with E-state index in [1.807, 2.05) is 0 Å². The van der Waals surface area contributed by atoms with E-state index in [4.69, 9.17) is 10.8 Å². The first-order chi connectivity index (χ1) is 8.23. The van der Waals surface area contributed by atoms with Crippen molar-refractivity contribution in [2.75, 3.05) is 6.54 Å². The van der Waals surface area contributed by atoms with Crippen LogP contribution >= 0.6 is 0 Å². The Morgan fingerprint density at radius 2 is 2.00 bits per heavy atom. The topological polar surface area (TPSA) is 174 Å². The summed E-state index contributed by atoms with van der Waals surface area (Å²) < 4.78 is 4.68. The quantitative estimate of drug-likeness (QED) is 0.267. The molecule has 18 heavy (non-hydrogen) atoms. The number of aliphatic hydroxyl groups is 5. The van der Waals surface area contributed by atoms with Gasteiger partial charge in [-0.2, -0.15) is 0 Å². The molecule has 0 aromatic carbocycles. The minimum Gasteiger partial charge on any atom is -0.477 e. The standard InChI is InChI=1S/C9H17NO8/c10-2-4(12)6(14)7-5(13)3(11)1-9(17,18-7)8(15)16/h3-7,11-14,17H,1-2,10H2,(H,15,16). The number of carboxylic acid groups (broad SMARTS) is 1. The van der Waals surface area contributed by atoms with E-state index in [2.05, 4.69) is 4.74 Å². The first kappa shape index (κ1) is 15.2. The molecule has 1 heterocycles. The molecule has 0 saturated carbocycles. The second-order valence-corrected chi connectivity index (χ2v) is 4.23. The molecule has 9 heteroatoms. The van der Waals surface area contributed by atoms with Crippen LogP contribution in [0.5, 0.6) is 0 Å². The van der Waals surface area contributed by atoms with E-state index in [0.717, 1.165) is 0 Å². The molecule has 0 aromatic heterocycles. The fourth-order valence-electron chi connectivity index (χ4n) is 1.73. The summed E-state index contributed by atoms with van der Waals surface area (Å²) in [5.41, 5.74) is 5.10. The molecular weight excluding hydrogens is 250 g/mol. The van der Waals surface area contributed by atoms with E-state index in [0.29, 0.717) is 0 Å². The number of nitrogens with two attached hydrogens (primary N) is 1. The van der Waals surface area contributed by atoms with Crippen molar-refractivity contribution in [2.24, 2.45) is 5.73 Å². The number of ether oxygens (including phenoxy) is 1. The van der Waals surface area contributed by atoms with Crippen molar-refractivity contribution in [1.29, 1.82) is 0 Å². The van der Waals surface area contributed by atoms with Crippen LogP contribution in [0.2, 0.25) is 0 Å². The maximum Gasteiger partial charge on any atom is 0.364 e. The van der Waals surface area contributed by atoms with E-state index < -0.39 is 48.7 Å². The van der Waals surface area contributed by atoms with Gasteiger partial charge in [0.25, 0.3) is 5.79 Å². The average Bonchev–Trinajstić information content (AvgIpc) is 2.31. The van der Waals surface area contributed by atoms with Crippen molar-refractivity contribution in [1.82, 2.24) is 0 Å². The molecule has 9 nitrogen and oxygen atoms in total. The third-order valence-electron chi connectivity index (χ3n) is 2.85. The van der Waals surface area contributed by atoms with E-state index in [1.54, 1.807) is 0 Å². The summed E-state index contributed by atoms with van der Waals surface area (Å²) in [7, 11) is 0. The molecule has 1 fully saturated rings. The molecule has 1 rings (SSSR count). The summed E-state index contributed by atoms with van der Waals surface area (Å²) in [6, 6.07) is 0. The highest BCUT2D eigenvalue weighted by molar-refractivity contribution is 5.75. The van der Waals surface area contributed by atoms with Crippen molar-refractivity contribution < 1.29 is 40.2 Å². The van der Waals surface area contributed by atoms with Crippen molar-refractivity contribution in [2.45, 2.75) is 42.7 Å². The Balaban J connectivity index is 2.92. The van der Waals surface area contributed by atoms with Gasteiger partial charge in [0, 0.05) is 13.0 Å². The Labute approximate surface area is 102 Å². The summed E-state index contributed by atoms with van der Waals surface area (Å²) in [4.78, 5) is 10.8. The smallest absolute Gasteiger partial charge is 0.364 e. The van der Waals surface area contributed by atoms with Gasteiger partial charge in [-0.3, -0.25) is 0 Å². The van der Waals surface area contributed by atoms with Gasteiger partial charge in [0.15, 0.2) is 0 Å². The van der Waals surface area contributed by atoms with Crippen LogP contribution in [-0.2, 0) is 9.53 Å². The lowest BCUT2D eigenvalue weighted by Crippen LogP contribution is -2.63. The first-order valence-electron chi connectivity index (χ1n) is 5.29. The van der Waals surface area contributed by atoms with Crippen LogP contribution in [-0.4, -0.2) is 79.5 Å². The summed E-state index contributed by atoms with van der Waals surface area (Å²) in [5, 5.41) is 56.3. The third kappa shape index (κ3) is 2.78. The fourth-order valence-corrected chi connectivity index (χ4v) is 1.73. The third-order valence-corrected chi connectivity index (χ3v) is 2.85. The van der Waals surface area contributed by atoms with Crippen LogP contribution in [0.1, 0.15) is 6.42 Å². The summed E-state index contributed by atoms with van der Waals surface area (Å²) in [6.45, 7) is -0.366. The highest BCUT2D eigenvalue weighted by atomic mass is 16.7. The van der Waals surface area contributed by atoms with Gasteiger partial charge in [0.1, 0.15) is 18.3 Å². The number of hydrogen-bond acceptors (Lipinski definition) is 8. The molecule has 0 aromatic rings. The highest BCUT2D eigenvalue weighted by Gasteiger charge is 2.53. The lowest BCUT2D eigenvalue weighted by molar-refractivity contribution is -0.312. The van der Waals surface area contributed by atoms with Gasteiger partial charge in [-0.15, -0.1) is 0 Å². The Bertz CT molecular complexity index is 313. The Hall–Kier alpha value is -0.810. The molecule has 8 N–H and O–H groups in total. The lowest BCUT2D eigenvalue weighted by Gasteiger charge is -2.42. The van der Waals surface area contributed by atoms with Gasteiger partial charge in [0.2, 0.25) is 0 Å². The van der Waals surface area contributed by atoms with Crippen molar-refractivity contribution in [3.8, 4) is 0 Å². The summed E-state index contributed by atoms with van der Waals surface area (Å²) in [5.74, 6) is -4.51. The Morgan fingerprint density at radius 3 is 2.44 bits per heavy atom. The van der Waals surface area contributed by atoms with Crippen molar-refractivity contribution in [3.05, 3.63) is 0 Å². The van der Waals surface area contributed by atoms with Crippen LogP contribution in [0.15, 0.2) is 0 Å². The zero-order valence-electron chi connectivity index (χ0n) is 9.38. The largest absolute Gasteiger partial charge is 0.477 e. The number of carbonyl (C=O) groups is 1. The van der Waals surface area contributed by atoms with Gasteiger partial charge in [-0.25, -0.2) is 4.79 Å². The minimum atomic E-state index is -2.74. The van der Waals surface area contributed by atoms with Crippen LogP contribution in [0.4, 0.5) is 0 Å². The van der Waals surface area contributed by atoms with Crippen LogP contribution in [0.25, 0.3) is 0 Å². The number of aliphatic carboxylic acids is 1. The molecule has 1 aliphatic heterocycles. The zero-order chi connectivity index (χ0) is 14.1. The highest BCUT2D eigenvalue weighted by Crippen LogP contribution is 2.30. The zero-order valence-corrected chi connectivity index (χ0v) is 9.38. The van der Waals surface area contributed by atoms with E-state index in [1.165, 1.54) is 0 Å². The second-order valence-electron chi connectivity index (χ2n) is 4.23. The van der Waals surface area contributed by atoms with E-state index in [-0.39, 0.29) is 6.54 Å². The van der Waals surface area contributed by atoms with Crippen LogP contribution in [0.3, 0.4) is 0 Å². The molecule has 6 atom stereocenters. The summed E-state index contributed by atoms with van der Waals surface area (Å²) >= 11 is 0. The van der Waals surface area contributed by atoms with Gasteiger partial charge in [0.05, 0.1) is 12.2 Å². The normalized spacial score (nSPS) is 40.2. The monoisotopic (exact) mass is 267 g/mol. The molecule has 1 saturated heterocycles. The molecule has 6 unspecified atom stereocenters. The van der Waals surface area contributed by atoms with Crippen molar-refractivity contribution in [3.63, 3.8) is 0 Å². The minimum absolute atomic E-state index is 0.366. The van der Waals surface area contributed by atoms with Crippen molar-refractivity contribution >= 4 is 5.97 Å². The average molecular weight is 267 g/mol. The van der Waals surface area contributed by atoms with Crippen LogP contribution < -0.4 is 5.73 Å². The Kier molecular flexibility index (Phi) is 4.61.